The Balaban J connectivity index is 2.47. The molecule has 84 valence electrons. The van der Waals surface area contributed by atoms with Crippen LogP contribution in [0.4, 0.5) is 14.5 Å². The molecule has 0 heterocycles. The molecular weight excluding hydrogens is 212 g/mol. The number of hydrogen-bond acceptors (Lipinski definition) is 2. The van der Waals surface area contributed by atoms with Gasteiger partial charge in [-0.2, -0.15) is 0 Å². The summed E-state index contributed by atoms with van der Waals surface area (Å²) in [5, 5.41) is 0. The van der Waals surface area contributed by atoms with E-state index in [0.717, 1.165) is 25.0 Å². The van der Waals surface area contributed by atoms with Crippen LogP contribution >= 0.6 is 0 Å². The summed E-state index contributed by atoms with van der Waals surface area (Å²) in [7, 11) is 0. The smallest absolute Gasteiger partial charge is 0.194 e. The Hall–Kier alpha value is -1.71. The van der Waals surface area contributed by atoms with E-state index in [2.05, 4.69) is 0 Å². The molecule has 0 saturated carbocycles. The summed E-state index contributed by atoms with van der Waals surface area (Å²) in [6.07, 6.45) is 3.94. The van der Waals surface area contributed by atoms with Crippen LogP contribution in [0.5, 0.6) is 0 Å². The van der Waals surface area contributed by atoms with E-state index in [4.69, 9.17) is 5.73 Å². The van der Waals surface area contributed by atoms with E-state index in [-0.39, 0.29) is 5.69 Å². The second-order valence-corrected chi connectivity index (χ2v) is 3.78. The molecule has 2 N–H and O–H groups in total. The van der Waals surface area contributed by atoms with Crippen LogP contribution in [0.2, 0.25) is 0 Å². The van der Waals surface area contributed by atoms with Gasteiger partial charge in [0.2, 0.25) is 0 Å². The first-order chi connectivity index (χ1) is 7.61. The predicted molar refractivity (Wildman–Crippen MR) is 57.0 cm³/mol. The van der Waals surface area contributed by atoms with Gasteiger partial charge in [-0.25, -0.2) is 8.78 Å². The van der Waals surface area contributed by atoms with Gasteiger partial charge in [-0.1, -0.05) is 6.08 Å². The van der Waals surface area contributed by atoms with Crippen LogP contribution in [0.25, 0.3) is 0 Å². The minimum Gasteiger partial charge on any atom is -0.396 e. The minimum absolute atomic E-state index is 0.205. The lowest BCUT2D eigenvalue weighted by Gasteiger charge is -2.06. The molecule has 0 aliphatic heterocycles. The summed E-state index contributed by atoms with van der Waals surface area (Å²) in [5.41, 5.74) is 5.05. The molecule has 1 aliphatic carbocycles. The summed E-state index contributed by atoms with van der Waals surface area (Å²) < 4.78 is 26.9. The van der Waals surface area contributed by atoms with E-state index in [0.29, 0.717) is 12.0 Å². The normalized spacial score (nSPS) is 15.0. The predicted octanol–water partition coefficient (Wildman–Crippen LogP) is 2.84. The van der Waals surface area contributed by atoms with E-state index in [1.807, 2.05) is 0 Å². The molecule has 0 radical (unpaired) electrons. The van der Waals surface area contributed by atoms with Crippen LogP contribution in [0.3, 0.4) is 0 Å². The monoisotopic (exact) mass is 223 g/mol. The van der Waals surface area contributed by atoms with Crippen molar-refractivity contribution in [1.29, 1.82) is 0 Å². The van der Waals surface area contributed by atoms with E-state index in [1.165, 1.54) is 0 Å². The number of Topliss-reactive ketones (excluding diaryl/α,β-unsaturated/α-hetero) is 1. The van der Waals surface area contributed by atoms with E-state index in [1.54, 1.807) is 6.08 Å². The Morgan fingerprint density at radius 2 is 2.06 bits per heavy atom. The fourth-order valence-corrected chi connectivity index (χ4v) is 1.81. The molecule has 4 heteroatoms. The SMILES string of the molecule is Nc1ccc(F)c(C(=O)C2=CCCC2)c1F. The standard InChI is InChI=1S/C12H11F2NO/c13-8-5-6-9(15)11(14)10(8)12(16)7-3-1-2-4-7/h3,5-6H,1-2,4,15H2. The first-order valence-corrected chi connectivity index (χ1v) is 5.08. The topological polar surface area (TPSA) is 43.1 Å². The van der Waals surface area contributed by atoms with Gasteiger partial charge in [0.05, 0.1) is 11.3 Å². The zero-order valence-corrected chi connectivity index (χ0v) is 8.59. The number of allylic oxidation sites excluding steroid dienone is 2. The summed E-state index contributed by atoms with van der Waals surface area (Å²) in [4.78, 5) is 11.8. The molecule has 0 amide bonds. The van der Waals surface area contributed by atoms with Crippen molar-refractivity contribution in [2.24, 2.45) is 0 Å². The van der Waals surface area contributed by atoms with Gasteiger partial charge in [0.1, 0.15) is 5.82 Å². The van der Waals surface area contributed by atoms with Crippen LogP contribution < -0.4 is 5.73 Å². The van der Waals surface area contributed by atoms with Crippen LogP contribution in [-0.4, -0.2) is 5.78 Å². The third-order valence-corrected chi connectivity index (χ3v) is 2.68. The van der Waals surface area contributed by atoms with Crippen molar-refractivity contribution in [2.75, 3.05) is 5.73 Å². The van der Waals surface area contributed by atoms with E-state index in [9.17, 15) is 13.6 Å². The minimum atomic E-state index is -0.960. The van der Waals surface area contributed by atoms with Crippen molar-refractivity contribution in [3.63, 3.8) is 0 Å². The highest BCUT2D eigenvalue weighted by Crippen LogP contribution is 2.26. The number of nitrogen functional groups attached to an aromatic ring is 1. The number of ketones is 1. The third kappa shape index (κ3) is 1.71. The fraction of sp³-hybridized carbons (Fsp3) is 0.250. The van der Waals surface area contributed by atoms with Crippen molar-refractivity contribution in [3.8, 4) is 0 Å². The molecule has 1 aliphatic rings. The zero-order valence-electron chi connectivity index (χ0n) is 8.59. The van der Waals surface area contributed by atoms with Gasteiger partial charge >= 0.3 is 0 Å². The maximum Gasteiger partial charge on any atom is 0.194 e. The average Bonchev–Trinajstić information content (AvgIpc) is 2.77. The molecule has 0 unspecified atom stereocenters. The quantitative estimate of drug-likeness (QED) is 0.618. The summed E-state index contributed by atoms with van der Waals surface area (Å²) in [5.74, 6) is -2.40. The van der Waals surface area contributed by atoms with Crippen LogP contribution in [0.15, 0.2) is 23.8 Å². The van der Waals surface area contributed by atoms with Crippen molar-refractivity contribution in [3.05, 3.63) is 41.0 Å². The first-order valence-electron chi connectivity index (χ1n) is 5.08. The highest BCUT2D eigenvalue weighted by molar-refractivity contribution is 6.09. The van der Waals surface area contributed by atoms with Crippen molar-refractivity contribution < 1.29 is 13.6 Å². The molecule has 2 rings (SSSR count). The van der Waals surface area contributed by atoms with Crippen molar-refractivity contribution in [2.45, 2.75) is 19.3 Å². The lowest BCUT2D eigenvalue weighted by atomic mass is 10.0. The maximum absolute atomic E-state index is 13.6. The molecule has 2 nitrogen and oxygen atoms in total. The third-order valence-electron chi connectivity index (χ3n) is 2.68. The van der Waals surface area contributed by atoms with E-state index < -0.39 is 23.0 Å². The molecule has 0 spiro atoms. The molecule has 0 bridgehead atoms. The number of carbonyl (C=O) groups excluding carboxylic acids is 1. The lowest BCUT2D eigenvalue weighted by Crippen LogP contribution is -2.09. The molecule has 0 fully saturated rings. The van der Waals surface area contributed by atoms with E-state index >= 15 is 0 Å². The highest BCUT2D eigenvalue weighted by Gasteiger charge is 2.23. The maximum atomic E-state index is 13.6. The van der Waals surface area contributed by atoms with Crippen molar-refractivity contribution >= 4 is 11.5 Å². The summed E-state index contributed by atoms with van der Waals surface area (Å²) in [6.45, 7) is 0. The Kier molecular flexibility index (Phi) is 2.73. The van der Waals surface area contributed by atoms with Gasteiger partial charge in [0.15, 0.2) is 11.6 Å². The Morgan fingerprint density at radius 1 is 1.31 bits per heavy atom. The number of anilines is 1. The van der Waals surface area contributed by atoms with Crippen molar-refractivity contribution in [1.82, 2.24) is 0 Å². The van der Waals surface area contributed by atoms with Crippen LogP contribution in [-0.2, 0) is 0 Å². The number of carbonyl (C=O) groups is 1. The Labute approximate surface area is 91.8 Å². The number of benzene rings is 1. The molecule has 0 aromatic heterocycles. The molecule has 1 aromatic rings. The Morgan fingerprint density at radius 3 is 2.69 bits per heavy atom. The second kappa shape index (κ2) is 4.04. The zero-order chi connectivity index (χ0) is 11.7. The second-order valence-electron chi connectivity index (χ2n) is 3.78. The molecule has 0 saturated heterocycles. The average molecular weight is 223 g/mol. The summed E-state index contributed by atoms with van der Waals surface area (Å²) in [6, 6.07) is 2.13. The van der Waals surface area contributed by atoms with Gasteiger partial charge in [-0.15, -0.1) is 0 Å². The molecular formula is C12H11F2NO. The number of halogens is 2. The van der Waals surface area contributed by atoms with Gasteiger partial charge < -0.3 is 5.73 Å². The first kappa shape index (κ1) is 10.8. The highest BCUT2D eigenvalue weighted by atomic mass is 19.1. The number of nitrogens with two attached hydrogens (primary N) is 1. The Bertz CT molecular complexity index is 480. The fourth-order valence-electron chi connectivity index (χ4n) is 1.81. The van der Waals surface area contributed by atoms with Gasteiger partial charge in [-0.3, -0.25) is 4.79 Å². The molecule has 0 atom stereocenters. The number of rotatable bonds is 2. The van der Waals surface area contributed by atoms with Crippen LogP contribution in [0.1, 0.15) is 29.6 Å². The molecule has 1 aromatic carbocycles. The molecule has 16 heavy (non-hydrogen) atoms. The largest absolute Gasteiger partial charge is 0.396 e. The number of hydrogen-bond donors (Lipinski definition) is 1. The lowest BCUT2D eigenvalue weighted by molar-refractivity contribution is 0.102. The van der Waals surface area contributed by atoms with Crippen LogP contribution in [0, 0.1) is 11.6 Å². The van der Waals surface area contributed by atoms with Gasteiger partial charge in [0, 0.05) is 0 Å². The van der Waals surface area contributed by atoms with Gasteiger partial charge in [0.25, 0.3) is 0 Å². The summed E-state index contributed by atoms with van der Waals surface area (Å²) >= 11 is 0. The van der Waals surface area contributed by atoms with Gasteiger partial charge in [-0.05, 0) is 37.0 Å².